The van der Waals surface area contributed by atoms with Crippen LogP contribution < -0.4 is 4.74 Å². The van der Waals surface area contributed by atoms with E-state index in [-0.39, 0.29) is 12.2 Å². The Bertz CT molecular complexity index is 514. The molecule has 0 spiro atoms. The fourth-order valence-electron chi connectivity index (χ4n) is 1.38. The van der Waals surface area contributed by atoms with Gasteiger partial charge in [0, 0.05) is 24.0 Å². The number of ketones is 1. The van der Waals surface area contributed by atoms with E-state index in [0.717, 1.165) is 0 Å². The molecule has 0 saturated heterocycles. The number of aromatic nitrogens is 3. The molecule has 0 atom stereocenters. The zero-order valence-corrected chi connectivity index (χ0v) is 9.33. The lowest BCUT2D eigenvalue weighted by Gasteiger charge is -2.02. The summed E-state index contributed by atoms with van der Waals surface area (Å²) in [5.74, 6) is 0.424. The van der Waals surface area contributed by atoms with Gasteiger partial charge in [-0.2, -0.15) is 0 Å². The summed E-state index contributed by atoms with van der Waals surface area (Å²) in [6.45, 7) is 0. The van der Waals surface area contributed by atoms with E-state index in [1.807, 2.05) is 0 Å². The number of carbonyl (C=O) groups excluding carboxylic acids is 1. The molecule has 0 aliphatic heterocycles. The number of pyridine rings is 1. The largest absolute Gasteiger partial charge is 0.481 e. The van der Waals surface area contributed by atoms with Gasteiger partial charge in [0.15, 0.2) is 5.78 Å². The molecule has 2 aromatic heterocycles. The first-order valence-corrected chi connectivity index (χ1v) is 5.07. The molecule has 0 fully saturated rings. The molecule has 0 aliphatic carbocycles. The molecular weight excluding hydrogens is 218 g/mol. The molecule has 5 nitrogen and oxygen atoms in total. The number of hydrogen-bond donors (Lipinski definition) is 0. The smallest absolute Gasteiger partial charge is 0.216 e. The van der Waals surface area contributed by atoms with Gasteiger partial charge < -0.3 is 4.74 Å². The van der Waals surface area contributed by atoms with Crippen LogP contribution in [0.1, 0.15) is 16.1 Å². The summed E-state index contributed by atoms with van der Waals surface area (Å²) >= 11 is 0. The number of hydrogen-bond acceptors (Lipinski definition) is 5. The van der Waals surface area contributed by atoms with E-state index >= 15 is 0 Å². The average molecular weight is 229 g/mol. The van der Waals surface area contributed by atoms with Crippen LogP contribution in [0, 0.1) is 0 Å². The number of carbonyl (C=O) groups is 1. The number of rotatable bonds is 4. The first-order valence-electron chi connectivity index (χ1n) is 5.07. The second-order valence-corrected chi connectivity index (χ2v) is 3.39. The fourth-order valence-corrected chi connectivity index (χ4v) is 1.38. The van der Waals surface area contributed by atoms with Crippen LogP contribution in [0.3, 0.4) is 0 Å². The quantitative estimate of drug-likeness (QED) is 0.739. The van der Waals surface area contributed by atoms with Gasteiger partial charge in [-0.15, -0.1) is 0 Å². The van der Waals surface area contributed by atoms with Crippen LogP contribution in [0.5, 0.6) is 5.88 Å². The molecule has 0 radical (unpaired) electrons. The van der Waals surface area contributed by atoms with Gasteiger partial charge in [-0.3, -0.25) is 9.78 Å². The summed E-state index contributed by atoms with van der Waals surface area (Å²) in [5.41, 5.74) is 1.20. The van der Waals surface area contributed by atoms with Gasteiger partial charge in [-0.25, -0.2) is 9.97 Å². The van der Waals surface area contributed by atoms with Crippen molar-refractivity contribution in [3.63, 3.8) is 0 Å². The fraction of sp³-hybridized carbons (Fsp3) is 0.167. The molecule has 0 saturated carbocycles. The molecule has 2 aromatic rings. The number of Topliss-reactive ketones (excluding diaryl/α,β-unsaturated/α-hetero) is 1. The first kappa shape index (κ1) is 11.2. The van der Waals surface area contributed by atoms with Crippen LogP contribution in [0.2, 0.25) is 0 Å². The summed E-state index contributed by atoms with van der Waals surface area (Å²) < 4.78 is 4.97. The average Bonchev–Trinajstić information content (AvgIpc) is 2.40. The zero-order valence-electron chi connectivity index (χ0n) is 9.33. The second kappa shape index (κ2) is 5.16. The number of methoxy groups -OCH3 is 1. The molecule has 0 aromatic carbocycles. The third-order valence-electron chi connectivity index (χ3n) is 2.23. The van der Waals surface area contributed by atoms with Gasteiger partial charge in [0.2, 0.25) is 5.88 Å². The highest BCUT2D eigenvalue weighted by atomic mass is 16.5. The predicted molar refractivity (Wildman–Crippen MR) is 60.9 cm³/mol. The van der Waals surface area contributed by atoms with E-state index in [1.165, 1.54) is 13.4 Å². The summed E-state index contributed by atoms with van der Waals surface area (Å²) in [5, 5.41) is 0. The van der Waals surface area contributed by atoms with Crippen molar-refractivity contribution in [1.82, 2.24) is 15.0 Å². The normalized spacial score (nSPS) is 9.94. The molecule has 0 bridgehead atoms. The minimum Gasteiger partial charge on any atom is -0.481 e. The molecule has 0 unspecified atom stereocenters. The summed E-state index contributed by atoms with van der Waals surface area (Å²) in [4.78, 5) is 23.7. The Morgan fingerprint density at radius 3 is 3.00 bits per heavy atom. The van der Waals surface area contributed by atoms with E-state index in [1.54, 1.807) is 30.6 Å². The monoisotopic (exact) mass is 229 g/mol. The lowest BCUT2D eigenvalue weighted by Crippen LogP contribution is -2.06. The summed E-state index contributed by atoms with van der Waals surface area (Å²) in [7, 11) is 1.52. The van der Waals surface area contributed by atoms with Gasteiger partial charge in [-0.05, 0) is 12.1 Å². The van der Waals surface area contributed by atoms with Gasteiger partial charge >= 0.3 is 0 Å². The maximum Gasteiger partial charge on any atom is 0.216 e. The van der Waals surface area contributed by atoms with Crippen molar-refractivity contribution in [2.75, 3.05) is 7.11 Å². The van der Waals surface area contributed by atoms with Crippen molar-refractivity contribution < 1.29 is 9.53 Å². The minimum absolute atomic E-state index is 0.0288. The Morgan fingerprint density at radius 1 is 1.41 bits per heavy atom. The van der Waals surface area contributed by atoms with E-state index in [0.29, 0.717) is 17.1 Å². The highest BCUT2D eigenvalue weighted by Crippen LogP contribution is 2.09. The van der Waals surface area contributed by atoms with E-state index in [9.17, 15) is 4.79 Å². The Kier molecular flexibility index (Phi) is 3.40. The van der Waals surface area contributed by atoms with Crippen molar-refractivity contribution in [1.29, 1.82) is 0 Å². The van der Waals surface area contributed by atoms with Crippen LogP contribution in [0.25, 0.3) is 0 Å². The molecule has 0 aliphatic rings. The second-order valence-electron chi connectivity index (χ2n) is 3.39. The topological polar surface area (TPSA) is 65.0 Å². The molecule has 5 heteroatoms. The third-order valence-corrected chi connectivity index (χ3v) is 2.23. The van der Waals surface area contributed by atoms with E-state index < -0.39 is 0 Å². The van der Waals surface area contributed by atoms with Crippen LogP contribution >= 0.6 is 0 Å². The van der Waals surface area contributed by atoms with Gasteiger partial charge in [-0.1, -0.05) is 0 Å². The van der Waals surface area contributed by atoms with Gasteiger partial charge in [0.1, 0.15) is 6.33 Å². The number of nitrogens with zero attached hydrogens (tertiary/aromatic N) is 3. The molecule has 0 N–H and O–H groups in total. The van der Waals surface area contributed by atoms with E-state index in [2.05, 4.69) is 15.0 Å². The van der Waals surface area contributed by atoms with Crippen molar-refractivity contribution in [2.45, 2.75) is 6.42 Å². The molecule has 17 heavy (non-hydrogen) atoms. The number of ether oxygens (including phenoxy) is 1. The maximum atomic E-state index is 11.9. The molecule has 2 rings (SSSR count). The third kappa shape index (κ3) is 2.84. The van der Waals surface area contributed by atoms with Gasteiger partial charge in [0.25, 0.3) is 0 Å². The lowest BCUT2D eigenvalue weighted by atomic mass is 10.1. The van der Waals surface area contributed by atoms with Crippen LogP contribution in [-0.2, 0) is 6.42 Å². The van der Waals surface area contributed by atoms with E-state index in [4.69, 9.17) is 4.74 Å². The van der Waals surface area contributed by atoms with Crippen LogP contribution in [0.15, 0.2) is 36.9 Å². The Hall–Kier alpha value is -2.30. The lowest BCUT2D eigenvalue weighted by molar-refractivity contribution is 0.0991. The first-order chi connectivity index (χ1) is 8.29. The Labute approximate surface area is 98.5 Å². The van der Waals surface area contributed by atoms with Crippen molar-refractivity contribution in [2.24, 2.45) is 0 Å². The molecule has 86 valence electrons. The van der Waals surface area contributed by atoms with Crippen molar-refractivity contribution in [3.8, 4) is 5.88 Å². The minimum atomic E-state index is -0.0288. The highest BCUT2D eigenvalue weighted by Gasteiger charge is 2.08. The zero-order chi connectivity index (χ0) is 12.1. The van der Waals surface area contributed by atoms with Crippen molar-refractivity contribution >= 4 is 5.78 Å². The van der Waals surface area contributed by atoms with Crippen LogP contribution in [-0.4, -0.2) is 27.8 Å². The van der Waals surface area contributed by atoms with Crippen molar-refractivity contribution in [3.05, 3.63) is 48.2 Å². The highest BCUT2D eigenvalue weighted by molar-refractivity contribution is 5.96. The predicted octanol–water partition coefficient (Wildman–Crippen LogP) is 1.31. The summed E-state index contributed by atoms with van der Waals surface area (Å²) in [6.07, 6.45) is 4.76. The van der Waals surface area contributed by atoms with Gasteiger partial charge in [0.05, 0.1) is 19.2 Å². The maximum absolute atomic E-state index is 11.9. The Morgan fingerprint density at radius 2 is 2.29 bits per heavy atom. The molecule has 2 heterocycles. The molecular formula is C12H11N3O2. The Balaban J connectivity index is 2.13. The standard InChI is InChI=1S/C12H11N3O2/c1-17-12-6-10(14-8-15-12)5-11(16)9-3-2-4-13-7-9/h2-4,6-8H,5H2,1H3. The van der Waals surface area contributed by atoms with Crippen LogP contribution in [0.4, 0.5) is 0 Å². The SMILES string of the molecule is COc1cc(CC(=O)c2cccnc2)ncn1. The molecule has 0 amide bonds. The summed E-state index contributed by atoms with van der Waals surface area (Å²) in [6, 6.07) is 5.11.